The van der Waals surface area contributed by atoms with Crippen molar-refractivity contribution in [2.24, 2.45) is 0 Å². The van der Waals surface area contributed by atoms with E-state index in [1.54, 1.807) is 6.20 Å². The van der Waals surface area contributed by atoms with E-state index in [0.717, 1.165) is 24.1 Å². The number of anilines is 1. The van der Waals surface area contributed by atoms with Gasteiger partial charge in [0, 0.05) is 29.0 Å². The lowest BCUT2D eigenvalue weighted by Gasteiger charge is -2.49. The van der Waals surface area contributed by atoms with E-state index in [-0.39, 0.29) is 22.7 Å². The van der Waals surface area contributed by atoms with Crippen LogP contribution in [-0.2, 0) is 9.53 Å². The van der Waals surface area contributed by atoms with Gasteiger partial charge >= 0.3 is 5.97 Å². The molecule has 1 heterocycles. The predicted octanol–water partition coefficient (Wildman–Crippen LogP) is 3.69. The number of rotatable bonds is 4. The summed E-state index contributed by atoms with van der Waals surface area (Å²) in [6.07, 6.45) is 3.42. The minimum absolute atomic E-state index is 0.00206. The largest absolute Gasteiger partial charge is 0.465 e. The normalized spacial score (nSPS) is 19.5. The van der Waals surface area contributed by atoms with E-state index in [2.05, 4.69) is 37.9 Å². The molecule has 5 nitrogen and oxygen atoms in total. The molecule has 140 valence electrons. The zero-order chi connectivity index (χ0) is 19.5. The molecule has 0 aromatic heterocycles. The van der Waals surface area contributed by atoms with Crippen LogP contribution in [0.15, 0.2) is 36.0 Å². The first-order chi connectivity index (χ1) is 12.1. The summed E-state index contributed by atoms with van der Waals surface area (Å²) in [4.78, 5) is 14.0. The average molecular weight is 355 g/mol. The number of esters is 1. The van der Waals surface area contributed by atoms with Crippen molar-refractivity contribution >= 4 is 11.7 Å². The van der Waals surface area contributed by atoms with E-state index in [4.69, 9.17) is 4.74 Å². The van der Waals surface area contributed by atoms with Crippen LogP contribution in [0.3, 0.4) is 0 Å². The molecular formula is C21H29N3O2. The number of methoxy groups -OCH3 is 1. The summed E-state index contributed by atoms with van der Waals surface area (Å²) in [6.45, 7) is 10.8. The number of benzene rings is 1. The molecule has 1 aliphatic rings. The molecule has 0 radical (unpaired) electrons. The summed E-state index contributed by atoms with van der Waals surface area (Å²) in [7, 11) is 1.29. The van der Waals surface area contributed by atoms with E-state index >= 15 is 0 Å². The smallest absolute Gasteiger partial charge is 0.350 e. The van der Waals surface area contributed by atoms with Crippen molar-refractivity contribution in [1.29, 1.82) is 5.26 Å². The molecule has 1 saturated heterocycles. The quantitative estimate of drug-likeness (QED) is 0.507. The topological polar surface area (TPSA) is 65.4 Å². The third-order valence-corrected chi connectivity index (χ3v) is 4.69. The fourth-order valence-electron chi connectivity index (χ4n) is 3.95. The van der Waals surface area contributed by atoms with Gasteiger partial charge in [-0.2, -0.15) is 5.26 Å². The van der Waals surface area contributed by atoms with Crippen molar-refractivity contribution in [1.82, 2.24) is 5.32 Å². The number of nitrogens with zero attached hydrogens (tertiary/aromatic N) is 2. The number of piperidine rings is 1. The van der Waals surface area contributed by atoms with Crippen molar-refractivity contribution in [3.05, 3.63) is 41.6 Å². The number of hydrogen-bond acceptors (Lipinski definition) is 5. The Bertz CT molecular complexity index is 711. The molecule has 0 aliphatic carbocycles. The molecule has 0 amide bonds. The molecule has 0 bridgehead atoms. The molecule has 1 N–H and O–H groups in total. The number of aryl methyl sites for hydroxylation is 1. The number of ether oxygens (including phenoxy) is 1. The first-order valence-corrected chi connectivity index (χ1v) is 8.91. The number of nitrogens with one attached hydrogen (secondary N) is 1. The zero-order valence-corrected chi connectivity index (χ0v) is 16.6. The van der Waals surface area contributed by atoms with Crippen LogP contribution in [0, 0.1) is 18.3 Å². The number of nitriles is 1. The van der Waals surface area contributed by atoms with Gasteiger partial charge < -0.3 is 15.0 Å². The maximum absolute atomic E-state index is 11.9. The van der Waals surface area contributed by atoms with Crippen molar-refractivity contribution < 1.29 is 9.53 Å². The highest BCUT2D eigenvalue weighted by Crippen LogP contribution is 2.34. The molecule has 1 aliphatic heterocycles. The first-order valence-electron chi connectivity index (χ1n) is 8.91. The zero-order valence-electron chi connectivity index (χ0n) is 16.6. The van der Waals surface area contributed by atoms with Crippen LogP contribution < -0.4 is 10.2 Å². The second kappa shape index (κ2) is 7.51. The summed E-state index contributed by atoms with van der Waals surface area (Å²) in [5.74, 6) is -0.614. The van der Waals surface area contributed by atoms with E-state index in [1.165, 1.54) is 7.11 Å². The lowest BCUT2D eigenvalue weighted by Crippen LogP contribution is -2.61. The van der Waals surface area contributed by atoms with Crippen molar-refractivity contribution in [3.63, 3.8) is 0 Å². The lowest BCUT2D eigenvalue weighted by atomic mass is 9.79. The van der Waals surface area contributed by atoms with Crippen LogP contribution >= 0.6 is 0 Å². The van der Waals surface area contributed by atoms with Crippen LogP contribution in [0.5, 0.6) is 0 Å². The summed E-state index contributed by atoms with van der Waals surface area (Å²) in [5, 5.41) is 13.1. The molecule has 2 rings (SSSR count). The van der Waals surface area contributed by atoms with E-state index in [0.29, 0.717) is 0 Å². The van der Waals surface area contributed by atoms with E-state index in [9.17, 15) is 10.1 Å². The number of hydrogen-bond donors (Lipinski definition) is 1. The van der Waals surface area contributed by atoms with Crippen LogP contribution in [-0.4, -0.2) is 30.2 Å². The SMILES string of the molecule is COC(=O)C(C#N)=CN(c1ccc(C)cc1)C1CC(C)(C)NC(C)(C)C1. The predicted molar refractivity (Wildman–Crippen MR) is 104 cm³/mol. The molecule has 5 heteroatoms. The van der Waals surface area contributed by atoms with Crippen LogP contribution in [0.25, 0.3) is 0 Å². The van der Waals surface area contributed by atoms with Gasteiger partial charge in [-0.25, -0.2) is 4.79 Å². The Morgan fingerprint density at radius 1 is 1.23 bits per heavy atom. The Kier molecular flexibility index (Phi) is 5.77. The second-order valence-corrected chi connectivity index (χ2v) is 8.34. The van der Waals surface area contributed by atoms with E-state index < -0.39 is 5.97 Å². The van der Waals surface area contributed by atoms with Gasteiger partial charge in [0.05, 0.1) is 7.11 Å². The van der Waals surface area contributed by atoms with Gasteiger partial charge in [-0.3, -0.25) is 0 Å². The molecule has 0 atom stereocenters. The molecule has 26 heavy (non-hydrogen) atoms. The van der Waals surface area contributed by atoms with Gasteiger partial charge in [-0.05, 0) is 59.6 Å². The minimum atomic E-state index is -0.614. The van der Waals surface area contributed by atoms with Crippen LogP contribution in [0.2, 0.25) is 0 Å². The Morgan fingerprint density at radius 3 is 2.23 bits per heavy atom. The minimum Gasteiger partial charge on any atom is -0.465 e. The monoisotopic (exact) mass is 355 g/mol. The fourth-order valence-corrected chi connectivity index (χ4v) is 3.95. The summed E-state index contributed by atoms with van der Waals surface area (Å²) >= 11 is 0. The standard InChI is InChI=1S/C21H29N3O2/c1-15-7-9-17(10-8-15)24(14-16(13-22)19(25)26-6)18-11-20(2,3)23-21(4,5)12-18/h7-10,14,18,23H,11-12H2,1-6H3. The maximum atomic E-state index is 11.9. The average Bonchev–Trinajstić information content (AvgIpc) is 2.53. The highest BCUT2D eigenvalue weighted by atomic mass is 16.5. The van der Waals surface area contributed by atoms with Gasteiger partial charge in [-0.1, -0.05) is 17.7 Å². The van der Waals surface area contributed by atoms with Gasteiger partial charge in [0.15, 0.2) is 5.57 Å². The molecule has 0 spiro atoms. The van der Waals surface area contributed by atoms with Crippen molar-refractivity contribution in [2.45, 2.75) is 64.6 Å². The van der Waals surface area contributed by atoms with Gasteiger partial charge in [0.25, 0.3) is 0 Å². The van der Waals surface area contributed by atoms with E-state index in [1.807, 2.05) is 37.3 Å². The second-order valence-electron chi connectivity index (χ2n) is 8.34. The van der Waals surface area contributed by atoms with Gasteiger partial charge in [0.1, 0.15) is 6.07 Å². The molecule has 0 unspecified atom stereocenters. The highest BCUT2D eigenvalue weighted by Gasteiger charge is 2.40. The fraction of sp³-hybridized carbons (Fsp3) is 0.524. The number of carbonyl (C=O) groups excluding carboxylic acids is 1. The Balaban J connectivity index is 2.50. The molecular weight excluding hydrogens is 326 g/mol. The highest BCUT2D eigenvalue weighted by molar-refractivity contribution is 5.93. The van der Waals surface area contributed by atoms with Crippen molar-refractivity contribution in [3.8, 4) is 6.07 Å². The Morgan fingerprint density at radius 2 is 1.77 bits per heavy atom. The maximum Gasteiger partial charge on any atom is 0.350 e. The lowest BCUT2D eigenvalue weighted by molar-refractivity contribution is -0.135. The van der Waals surface area contributed by atoms with Crippen LogP contribution in [0.1, 0.15) is 46.1 Å². The molecule has 1 aromatic rings. The summed E-state index contributed by atoms with van der Waals surface area (Å²) in [5.41, 5.74) is 2.02. The molecule has 0 saturated carbocycles. The van der Waals surface area contributed by atoms with Crippen LogP contribution in [0.4, 0.5) is 5.69 Å². The third-order valence-electron chi connectivity index (χ3n) is 4.69. The van der Waals surface area contributed by atoms with Crippen molar-refractivity contribution in [2.75, 3.05) is 12.0 Å². The van der Waals surface area contributed by atoms with Gasteiger partial charge in [0.2, 0.25) is 0 Å². The molecule has 1 aromatic carbocycles. The Hall–Kier alpha value is -2.32. The summed E-state index contributed by atoms with van der Waals surface area (Å²) < 4.78 is 4.76. The number of carbonyl (C=O) groups is 1. The Labute approximate surface area is 156 Å². The van der Waals surface area contributed by atoms with Gasteiger partial charge in [-0.15, -0.1) is 0 Å². The summed E-state index contributed by atoms with van der Waals surface area (Å²) in [6, 6.07) is 10.3. The third kappa shape index (κ3) is 4.86. The first kappa shape index (κ1) is 20.0. The molecule has 1 fully saturated rings.